The summed E-state index contributed by atoms with van der Waals surface area (Å²) in [6.07, 6.45) is 0. The summed E-state index contributed by atoms with van der Waals surface area (Å²) in [5, 5.41) is 13.2. The molecule has 0 aliphatic carbocycles. The van der Waals surface area contributed by atoms with E-state index in [1.54, 1.807) is 24.3 Å². The van der Waals surface area contributed by atoms with Gasteiger partial charge in [-0.2, -0.15) is 0 Å². The molecular weight excluding hydrogens is 190 g/mol. The van der Waals surface area contributed by atoms with Crippen LogP contribution in [0.1, 0.15) is 5.56 Å². The topological polar surface area (TPSA) is 41.8 Å². The standard InChI is InChI=1S/C9H10ClNO2/c1-13-11-9(6-12)7-3-2-4-8(10)5-7/h2-5,12H,6H2,1H3. The number of halogens is 1. The van der Waals surface area contributed by atoms with Crippen LogP contribution in [0.3, 0.4) is 0 Å². The van der Waals surface area contributed by atoms with Gasteiger partial charge in [-0.25, -0.2) is 0 Å². The van der Waals surface area contributed by atoms with Crippen LogP contribution >= 0.6 is 11.6 Å². The van der Waals surface area contributed by atoms with Gasteiger partial charge in [-0.05, 0) is 12.1 Å². The fourth-order valence-electron chi connectivity index (χ4n) is 0.951. The van der Waals surface area contributed by atoms with E-state index in [1.165, 1.54) is 7.11 Å². The van der Waals surface area contributed by atoms with Crippen LogP contribution < -0.4 is 0 Å². The highest BCUT2D eigenvalue weighted by atomic mass is 35.5. The molecule has 70 valence electrons. The summed E-state index contributed by atoms with van der Waals surface area (Å²) in [6, 6.07) is 7.07. The number of aliphatic hydroxyl groups is 1. The zero-order valence-electron chi connectivity index (χ0n) is 7.20. The highest BCUT2D eigenvalue weighted by Crippen LogP contribution is 2.11. The first-order valence-electron chi connectivity index (χ1n) is 3.74. The number of hydrogen-bond acceptors (Lipinski definition) is 3. The quantitative estimate of drug-likeness (QED) is 0.595. The van der Waals surface area contributed by atoms with Gasteiger partial charge in [0.1, 0.15) is 12.8 Å². The molecule has 13 heavy (non-hydrogen) atoms. The molecule has 4 heteroatoms. The highest BCUT2D eigenvalue weighted by Gasteiger charge is 2.02. The maximum absolute atomic E-state index is 8.95. The van der Waals surface area contributed by atoms with Gasteiger partial charge in [-0.1, -0.05) is 28.9 Å². The zero-order valence-corrected chi connectivity index (χ0v) is 7.95. The number of oxime groups is 1. The van der Waals surface area contributed by atoms with E-state index >= 15 is 0 Å². The molecule has 0 atom stereocenters. The molecule has 0 aromatic heterocycles. The van der Waals surface area contributed by atoms with Crippen molar-refractivity contribution in [1.29, 1.82) is 0 Å². The van der Waals surface area contributed by atoms with Crippen LogP contribution in [-0.2, 0) is 4.84 Å². The van der Waals surface area contributed by atoms with Crippen LogP contribution in [0.15, 0.2) is 29.4 Å². The predicted octanol–water partition coefficient (Wildman–Crippen LogP) is 1.68. The summed E-state index contributed by atoms with van der Waals surface area (Å²) in [4.78, 5) is 4.57. The Morgan fingerprint density at radius 1 is 1.62 bits per heavy atom. The molecule has 1 aromatic rings. The van der Waals surface area contributed by atoms with Crippen molar-refractivity contribution in [3.8, 4) is 0 Å². The molecule has 1 aromatic carbocycles. The maximum Gasteiger partial charge on any atom is 0.112 e. The van der Waals surface area contributed by atoms with Gasteiger partial charge in [0.2, 0.25) is 0 Å². The minimum absolute atomic E-state index is 0.172. The van der Waals surface area contributed by atoms with Crippen molar-refractivity contribution in [2.45, 2.75) is 0 Å². The maximum atomic E-state index is 8.95. The lowest BCUT2D eigenvalue weighted by atomic mass is 10.1. The van der Waals surface area contributed by atoms with Gasteiger partial charge in [0, 0.05) is 10.6 Å². The van der Waals surface area contributed by atoms with Gasteiger partial charge < -0.3 is 9.94 Å². The first kappa shape index (κ1) is 10.0. The summed E-state index contributed by atoms with van der Waals surface area (Å²) in [5.74, 6) is 0. The molecule has 3 nitrogen and oxygen atoms in total. The smallest absolute Gasteiger partial charge is 0.112 e. The van der Waals surface area contributed by atoms with Gasteiger partial charge in [0.25, 0.3) is 0 Å². The molecule has 0 saturated heterocycles. The Labute approximate surface area is 81.6 Å². The first-order chi connectivity index (χ1) is 6.27. The van der Waals surface area contributed by atoms with E-state index in [0.717, 1.165) is 5.56 Å². The minimum atomic E-state index is -0.172. The Morgan fingerprint density at radius 2 is 2.38 bits per heavy atom. The van der Waals surface area contributed by atoms with Gasteiger partial charge >= 0.3 is 0 Å². The minimum Gasteiger partial charge on any atom is -0.399 e. The van der Waals surface area contributed by atoms with Crippen LogP contribution in [-0.4, -0.2) is 24.5 Å². The Morgan fingerprint density at radius 3 is 2.92 bits per heavy atom. The van der Waals surface area contributed by atoms with E-state index in [2.05, 4.69) is 9.99 Å². The van der Waals surface area contributed by atoms with Crippen molar-refractivity contribution in [3.63, 3.8) is 0 Å². The van der Waals surface area contributed by atoms with Crippen molar-refractivity contribution in [3.05, 3.63) is 34.9 Å². The molecule has 0 saturated carbocycles. The molecule has 0 aliphatic heterocycles. The lowest BCUT2D eigenvalue weighted by molar-refractivity contribution is 0.209. The Bertz CT molecular complexity index is 312. The van der Waals surface area contributed by atoms with Crippen molar-refractivity contribution in [1.82, 2.24) is 0 Å². The van der Waals surface area contributed by atoms with Crippen LogP contribution in [0.4, 0.5) is 0 Å². The van der Waals surface area contributed by atoms with E-state index < -0.39 is 0 Å². The zero-order chi connectivity index (χ0) is 9.68. The molecule has 0 unspecified atom stereocenters. The third kappa shape index (κ3) is 2.72. The molecule has 0 bridgehead atoms. The van der Waals surface area contributed by atoms with Crippen LogP contribution in [0.25, 0.3) is 0 Å². The highest BCUT2D eigenvalue weighted by molar-refractivity contribution is 6.31. The molecule has 0 radical (unpaired) electrons. The molecule has 0 spiro atoms. The van der Waals surface area contributed by atoms with E-state index in [-0.39, 0.29) is 6.61 Å². The van der Waals surface area contributed by atoms with Gasteiger partial charge in [-0.3, -0.25) is 0 Å². The molecule has 0 amide bonds. The monoisotopic (exact) mass is 199 g/mol. The lowest BCUT2D eigenvalue weighted by Gasteiger charge is -2.01. The van der Waals surface area contributed by atoms with E-state index in [1.807, 2.05) is 0 Å². The summed E-state index contributed by atoms with van der Waals surface area (Å²) in [7, 11) is 1.43. The molecule has 0 aliphatic rings. The molecule has 1 N–H and O–H groups in total. The first-order valence-corrected chi connectivity index (χ1v) is 4.12. The van der Waals surface area contributed by atoms with E-state index in [0.29, 0.717) is 10.7 Å². The number of aliphatic hydroxyl groups excluding tert-OH is 1. The predicted molar refractivity (Wildman–Crippen MR) is 52.1 cm³/mol. The number of benzene rings is 1. The Balaban J connectivity index is 2.98. The summed E-state index contributed by atoms with van der Waals surface area (Å²) in [6.45, 7) is -0.172. The second kappa shape index (κ2) is 4.84. The molecule has 0 heterocycles. The van der Waals surface area contributed by atoms with Gasteiger partial charge in [0.05, 0.1) is 6.61 Å². The van der Waals surface area contributed by atoms with E-state index in [4.69, 9.17) is 16.7 Å². The van der Waals surface area contributed by atoms with Gasteiger partial charge in [-0.15, -0.1) is 0 Å². The second-order valence-corrected chi connectivity index (χ2v) is 2.83. The normalized spacial score (nSPS) is 11.5. The number of rotatable bonds is 3. The molecular formula is C9H10ClNO2. The van der Waals surface area contributed by atoms with Crippen LogP contribution in [0.5, 0.6) is 0 Å². The number of hydrogen-bond donors (Lipinski definition) is 1. The van der Waals surface area contributed by atoms with Gasteiger partial charge in [0.15, 0.2) is 0 Å². The fraction of sp³-hybridized carbons (Fsp3) is 0.222. The van der Waals surface area contributed by atoms with Crippen molar-refractivity contribution >= 4 is 17.3 Å². The SMILES string of the molecule is CON=C(CO)c1cccc(Cl)c1. The largest absolute Gasteiger partial charge is 0.399 e. The Hall–Kier alpha value is -1.06. The van der Waals surface area contributed by atoms with Crippen molar-refractivity contribution in [2.24, 2.45) is 5.16 Å². The van der Waals surface area contributed by atoms with Crippen molar-refractivity contribution < 1.29 is 9.94 Å². The molecule has 0 fully saturated rings. The summed E-state index contributed by atoms with van der Waals surface area (Å²) in [5.41, 5.74) is 1.22. The number of nitrogens with zero attached hydrogens (tertiary/aromatic N) is 1. The third-order valence-corrected chi connectivity index (χ3v) is 1.74. The van der Waals surface area contributed by atoms with Crippen molar-refractivity contribution in [2.75, 3.05) is 13.7 Å². The average molecular weight is 200 g/mol. The second-order valence-electron chi connectivity index (χ2n) is 2.39. The Kier molecular flexibility index (Phi) is 3.73. The summed E-state index contributed by atoms with van der Waals surface area (Å²) < 4.78 is 0. The molecule has 1 rings (SSSR count). The van der Waals surface area contributed by atoms with E-state index in [9.17, 15) is 0 Å². The van der Waals surface area contributed by atoms with Crippen LogP contribution in [0.2, 0.25) is 5.02 Å². The lowest BCUT2D eigenvalue weighted by Crippen LogP contribution is -2.06. The van der Waals surface area contributed by atoms with Crippen LogP contribution in [0, 0.1) is 0 Å². The fourth-order valence-corrected chi connectivity index (χ4v) is 1.14. The average Bonchev–Trinajstić information content (AvgIpc) is 2.14. The summed E-state index contributed by atoms with van der Waals surface area (Å²) >= 11 is 5.77. The third-order valence-electron chi connectivity index (χ3n) is 1.51.